The van der Waals surface area contributed by atoms with Crippen LogP contribution in [0.25, 0.3) is 0 Å². The fourth-order valence-electron chi connectivity index (χ4n) is 3.00. The van der Waals surface area contributed by atoms with Crippen LogP contribution in [-0.2, 0) is 23.9 Å². The van der Waals surface area contributed by atoms with E-state index in [0.717, 1.165) is 11.5 Å². The van der Waals surface area contributed by atoms with E-state index in [1.807, 2.05) is 6.08 Å². The maximum Gasteiger partial charge on any atom is 0.410 e. The summed E-state index contributed by atoms with van der Waals surface area (Å²) in [5, 5.41) is 0.802. The van der Waals surface area contributed by atoms with E-state index < -0.39 is 29.6 Å². The molecule has 0 aromatic rings. The summed E-state index contributed by atoms with van der Waals surface area (Å²) in [6, 6.07) is 0. The van der Waals surface area contributed by atoms with Crippen LogP contribution in [0, 0.1) is 0 Å². The Morgan fingerprint density at radius 2 is 2.08 bits per heavy atom. The van der Waals surface area contributed by atoms with Gasteiger partial charge in [-0.05, 0) is 33.6 Å². The van der Waals surface area contributed by atoms with Crippen molar-refractivity contribution in [2.75, 3.05) is 26.3 Å². The van der Waals surface area contributed by atoms with Gasteiger partial charge in [-0.1, -0.05) is 12.2 Å². The van der Waals surface area contributed by atoms with Gasteiger partial charge in [0.05, 0.1) is 18.7 Å². The Balaban J connectivity index is 1.54. The Morgan fingerprint density at radius 3 is 2.77 bits per heavy atom. The smallest absolute Gasteiger partial charge is 0.410 e. The third-order valence-corrected chi connectivity index (χ3v) is 4.21. The van der Waals surface area contributed by atoms with Crippen LogP contribution in [0.2, 0.25) is 0 Å². The third-order valence-electron chi connectivity index (χ3n) is 4.21. The second kappa shape index (κ2) is 7.20. The highest BCUT2D eigenvalue weighted by atomic mass is 16.7. The number of allylic oxidation sites excluding steroid dienone is 1. The maximum atomic E-state index is 12.3. The van der Waals surface area contributed by atoms with Gasteiger partial charge in [0.2, 0.25) is 0 Å². The van der Waals surface area contributed by atoms with E-state index in [0.29, 0.717) is 30.7 Å². The molecule has 1 saturated heterocycles. The first-order chi connectivity index (χ1) is 12.3. The molecule has 0 N–H and O–H groups in total. The topological polar surface area (TPSA) is 85.4 Å². The SMILES string of the molecule is CC(C)(C)OC(=O)N1CCOC(CON2C(=O)C3=C(CCC=C3)C2=O)C1. The van der Waals surface area contributed by atoms with Crippen molar-refractivity contribution in [3.8, 4) is 0 Å². The van der Waals surface area contributed by atoms with Gasteiger partial charge in [0.25, 0.3) is 11.8 Å². The van der Waals surface area contributed by atoms with Crippen LogP contribution < -0.4 is 0 Å². The summed E-state index contributed by atoms with van der Waals surface area (Å²) in [6.45, 7) is 6.46. The van der Waals surface area contributed by atoms with Gasteiger partial charge in [0.15, 0.2) is 0 Å². The number of imide groups is 1. The number of hydrogen-bond acceptors (Lipinski definition) is 6. The molecule has 0 aromatic heterocycles. The minimum Gasteiger partial charge on any atom is -0.444 e. The second-order valence-electron chi connectivity index (χ2n) is 7.45. The summed E-state index contributed by atoms with van der Waals surface area (Å²) in [5.74, 6) is -0.852. The zero-order valence-electron chi connectivity index (χ0n) is 15.3. The molecule has 2 heterocycles. The standard InChI is InChI=1S/C18H24N2O6/c1-18(2,3)26-17(23)19-8-9-24-12(10-19)11-25-20-15(21)13-6-4-5-7-14(13)16(20)22/h4,6,12H,5,7-11H2,1-3H3. The van der Waals surface area contributed by atoms with E-state index in [9.17, 15) is 14.4 Å². The van der Waals surface area contributed by atoms with Gasteiger partial charge in [-0.25, -0.2) is 4.79 Å². The quantitative estimate of drug-likeness (QED) is 0.707. The van der Waals surface area contributed by atoms with E-state index >= 15 is 0 Å². The first-order valence-corrected chi connectivity index (χ1v) is 8.77. The van der Waals surface area contributed by atoms with Gasteiger partial charge in [-0.2, -0.15) is 0 Å². The highest BCUT2D eigenvalue weighted by Gasteiger charge is 2.39. The molecule has 3 rings (SSSR count). The number of carbonyl (C=O) groups excluding carboxylic acids is 3. The summed E-state index contributed by atoms with van der Waals surface area (Å²) in [5.41, 5.74) is 0.326. The van der Waals surface area contributed by atoms with E-state index in [2.05, 4.69) is 0 Å². The van der Waals surface area contributed by atoms with Crippen molar-refractivity contribution in [1.29, 1.82) is 0 Å². The molecule has 3 amide bonds. The van der Waals surface area contributed by atoms with Crippen LogP contribution in [-0.4, -0.2) is 65.9 Å². The number of nitrogens with zero attached hydrogens (tertiary/aromatic N) is 2. The Hall–Kier alpha value is -2.19. The van der Waals surface area contributed by atoms with Crippen molar-refractivity contribution in [2.24, 2.45) is 0 Å². The Morgan fingerprint density at radius 1 is 1.31 bits per heavy atom. The zero-order chi connectivity index (χ0) is 18.9. The van der Waals surface area contributed by atoms with E-state index in [4.69, 9.17) is 14.3 Å². The number of ether oxygens (including phenoxy) is 2. The van der Waals surface area contributed by atoms with Crippen molar-refractivity contribution in [2.45, 2.75) is 45.3 Å². The Bertz CT molecular complexity index is 676. The average Bonchev–Trinajstić information content (AvgIpc) is 2.83. The summed E-state index contributed by atoms with van der Waals surface area (Å²) >= 11 is 0. The van der Waals surface area contributed by atoms with Crippen molar-refractivity contribution in [1.82, 2.24) is 9.96 Å². The highest BCUT2D eigenvalue weighted by molar-refractivity contribution is 6.20. The lowest BCUT2D eigenvalue weighted by molar-refractivity contribution is -0.198. The molecule has 0 radical (unpaired) electrons. The molecule has 0 spiro atoms. The second-order valence-corrected chi connectivity index (χ2v) is 7.45. The number of rotatable bonds is 3. The van der Waals surface area contributed by atoms with Crippen LogP contribution in [0.15, 0.2) is 23.3 Å². The molecule has 1 aliphatic carbocycles. The van der Waals surface area contributed by atoms with Crippen molar-refractivity contribution in [3.05, 3.63) is 23.3 Å². The first kappa shape index (κ1) is 18.6. The Kier molecular flexibility index (Phi) is 5.15. The van der Waals surface area contributed by atoms with E-state index in [-0.39, 0.29) is 13.2 Å². The molecule has 2 aliphatic heterocycles. The summed E-state index contributed by atoms with van der Waals surface area (Å²) in [4.78, 5) is 43.8. The monoisotopic (exact) mass is 364 g/mol. The summed E-state index contributed by atoms with van der Waals surface area (Å²) < 4.78 is 10.9. The van der Waals surface area contributed by atoms with E-state index in [1.54, 1.807) is 31.7 Å². The molecule has 8 nitrogen and oxygen atoms in total. The zero-order valence-corrected chi connectivity index (χ0v) is 15.3. The van der Waals surface area contributed by atoms with Crippen LogP contribution >= 0.6 is 0 Å². The maximum absolute atomic E-state index is 12.3. The van der Waals surface area contributed by atoms with Gasteiger partial charge < -0.3 is 14.4 Å². The summed E-state index contributed by atoms with van der Waals surface area (Å²) in [6.07, 6.45) is 3.97. The number of carbonyl (C=O) groups is 3. The van der Waals surface area contributed by atoms with Gasteiger partial charge in [0.1, 0.15) is 18.3 Å². The average molecular weight is 364 g/mol. The van der Waals surface area contributed by atoms with E-state index in [1.165, 1.54) is 0 Å². The first-order valence-electron chi connectivity index (χ1n) is 8.77. The van der Waals surface area contributed by atoms with Gasteiger partial charge >= 0.3 is 6.09 Å². The van der Waals surface area contributed by atoms with Crippen LogP contribution in [0.4, 0.5) is 4.79 Å². The lowest BCUT2D eigenvalue weighted by Gasteiger charge is -2.34. The van der Waals surface area contributed by atoms with Crippen molar-refractivity contribution in [3.63, 3.8) is 0 Å². The molecule has 3 aliphatic rings. The molecule has 0 aromatic carbocycles. The number of morpholine rings is 1. The fourth-order valence-corrected chi connectivity index (χ4v) is 3.00. The predicted molar refractivity (Wildman–Crippen MR) is 90.8 cm³/mol. The van der Waals surface area contributed by atoms with Crippen molar-refractivity contribution < 1.29 is 28.7 Å². The molecule has 0 bridgehead atoms. The predicted octanol–water partition coefficient (Wildman–Crippen LogP) is 1.57. The minimum absolute atomic E-state index is 0.00104. The number of hydrogen-bond donors (Lipinski definition) is 0. The molecule has 8 heteroatoms. The lowest BCUT2D eigenvalue weighted by atomic mass is 10.00. The van der Waals surface area contributed by atoms with Crippen molar-refractivity contribution >= 4 is 17.9 Å². The highest BCUT2D eigenvalue weighted by Crippen LogP contribution is 2.29. The largest absolute Gasteiger partial charge is 0.444 e. The molecule has 0 saturated carbocycles. The molecule has 1 fully saturated rings. The third kappa shape index (κ3) is 3.96. The normalized spacial score (nSPS) is 23.6. The summed E-state index contributed by atoms with van der Waals surface area (Å²) in [7, 11) is 0. The molecular weight excluding hydrogens is 340 g/mol. The Labute approximate surface area is 152 Å². The molecule has 1 unspecified atom stereocenters. The van der Waals surface area contributed by atoms with Crippen LogP contribution in [0.3, 0.4) is 0 Å². The molecule has 142 valence electrons. The van der Waals surface area contributed by atoms with Gasteiger partial charge in [-0.3, -0.25) is 14.4 Å². The number of hydroxylamine groups is 2. The van der Waals surface area contributed by atoms with Gasteiger partial charge in [-0.15, -0.1) is 5.06 Å². The number of amides is 3. The van der Waals surface area contributed by atoms with Crippen LogP contribution in [0.1, 0.15) is 33.6 Å². The van der Waals surface area contributed by atoms with Crippen LogP contribution in [0.5, 0.6) is 0 Å². The molecular formula is C18H24N2O6. The molecule has 1 atom stereocenters. The lowest BCUT2D eigenvalue weighted by Crippen LogP contribution is -2.49. The molecule has 26 heavy (non-hydrogen) atoms. The van der Waals surface area contributed by atoms with Gasteiger partial charge in [0, 0.05) is 12.1 Å². The fraction of sp³-hybridized carbons (Fsp3) is 0.611. The minimum atomic E-state index is -0.575.